The third kappa shape index (κ3) is 4.82. The van der Waals surface area contributed by atoms with Crippen LogP contribution < -0.4 is 4.90 Å². The first-order valence-electron chi connectivity index (χ1n) is 13.5. The topological polar surface area (TPSA) is 67.2 Å². The average molecular weight is 495 g/mol. The molecule has 0 bridgehead atoms. The maximum Gasteiger partial charge on any atom is 0.230 e. The lowest BCUT2D eigenvalue weighted by atomic mass is 9.93. The molecule has 0 spiro atoms. The number of aryl methyl sites for hydroxylation is 1. The Morgan fingerprint density at radius 1 is 1.00 bits per heavy atom. The zero-order valence-electron chi connectivity index (χ0n) is 21.5. The van der Waals surface area contributed by atoms with Crippen molar-refractivity contribution in [3.63, 3.8) is 0 Å². The van der Waals surface area contributed by atoms with Gasteiger partial charge in [0.15, 0.2) is 0 Å². The molecule has 3 heterocycles. The van der Waals surface area contributed by atoms with Crippen molar-refractivity contribution in [2.75, 3.05) is 24.5 Å². The van der Waals surface area contributed by atoms with E-state index in [2.05, 4.69) is 68.9 Å². The van der Waals surface area contributed by atoms with Crippen LogP contribution >= 0.6 is 0 Å². The summed E-state index contributed by atoms with van der Waals surface area (Å²) in [6.45, 7) is 4.46. The second-order valence-corrected chi connectivity index (χ2v) is 10.2. The van der Waals surface area contributed by atoms with E-state index in [-0.39, 0.29) is 18.4 Å². The largest absolute Gasteiger partial charge is 0.368 e. The molecule has 1 saturated carbocycles. The average Bonchev–Trinajstić information content (AvgIpc) is 3.26. The number of carbonyl (C=O) groups excluding carboxylic acids is 1. The molecule has 7 heteroatoms. The highest BCUT2D eigenvalue weighted by Gasteiger charge is 2.32. The maximum absolute atomic E-state index is 13.4. The molecule has 0 unspecified atom stereocenters. The second-order valence-electron chi connectivity index (χ2n) is 10.2. The Labute approximate surface area is 218 Å². The van der Waals surface area contributed by atoms with Gasteiger partial charge in [-0.25, -0.2) is 9.97 Å². The Morgan fingerprint density at radius 3 is 2.54 bits per heavy atom. The predicted octanol–water partition coefficient (Wildman–Crippen LogP) is 4.62. The minimum Gasteiger partial charge on any atom is -0.368 e. The van der Waals surface area contributed by atoms with E-state index in [9.17, 15) is 4.79 Å². The van der Waals surface area contributed by atoms with Gasteiger partial charge in [-0.05, 0) is 61.9 Å². The summed E-state index contributed by atoms with van der Waals surface area (Å²) in [7, 11) is 0. The number of anilines is 1. The number of hydrogen-bond acceptors (Lipinski definition) is 5. The van der Waals surface area contributed by atoms with Gasteiger partial charge < -0.3 is 9.80 Å². The molecule has 1 saturated heterocycles. The lowest BCUT2D eigenvalue weighted by Gasteiger charge is -2.42. The fourth-order valence-corrected chi connectivity index (χ4v) is 5.70. The van der Waals surface area contributed by atoms with Gasteiger partial charge >= 0.3 is 0 Å². The molecule has 1 aliphatic carbocycles. The molecule has 2 aromatic heterocycles. The number of nitrogens with zero attached hydrogens (tertiary/aromatic N) is 6. The first-order valence-corrected chi connectivity index (χ1v) is 13.5. The van der Waals surface area contributed by atoms with E-state index >= 15 is 0 Å². The van der Waals surface area contributed by atoms with E-state index in [1.165, 1.54) is 47.1 Å². The summed E-state index contributed by atoms with van der Waals surface area (Å²) in [5, 5.41) is 6.27. The monoisotopic (exact) mass is 494 g/mol. The van der Waals surface area contributed by atoms with Gasteiger partial charge in [0.1, 0.15) is 5.82 Å². The first-order chi connectivity index (χ1) is 18.2. The molecule has 0 radical (unpaired) electrons. The van der Waals surface area contributed by atoms with Gasteiger partial charge in [0, 0.05) is 43.1 Å². The van der Waals surface area contributed by atoms with Crippen LogP contribution in [-0.2, 0) is 24.1 Å². The van der Waals surface area contributed by atoms with Crippen LogP contribution in [0.25, 0.3) is 10.9 Å². The van der Waals surface area contributed by atoms with Crippen LogP contribution in [0.4, 0.5) is 5.69 Å². The normalized spacial score (nSPS) is 18.2. The van der Waals surface area contributed by atoms with Crippen molar-refractivity contribution in [2.45, 2.75) is 57.5 Å². The highest BCUT2D eigenvalue weighted by Crippen LogP contribution is 2.36. The molecule has 6 rings (SSSR count). The van der Waals surface area contributed by atoms with E-state index in [4.69, 9.17) is 5.10 Å². The standard InChI is InChI=1S/C30H34N6O/c1-2-27-26-13-12-24(19-28(26)36(33-27)23-10-6-11-23)34-16-17-35(30(37)20-29-31-14-7-15-32-29)25(21-34)18-22-8-4-3-5-9-22/h3-5,7-9,12-15,19,23,25H,2,6,10-11,16-18,20-21H2,1H3/t25-/m0/s1. The molecule has 2 aliphatic rings. The van der Waals surface area contributed by atoms with E-state index in [1.807, 2.05) is 11.0 Å². The van der Waals surface area contributed by atoms with Crippen LogP contribution in [0.15, 0.2) is 67.0 Å². The maximum atomic E-state index is 13.4. The van der Waals surface area contributed by atoms with Crippen molar-refractivity contribution in [3.8, 4) is 0 Å². The van der Waals surface area contributed by atoms with Crippen LogP contribution in [-0.4, -0.2) is 56.2 Å². The Balaban J connectivity index is 1.27. The summed E-state index contributed by atoms with van der Waals surface area (Å²) in [6.07, 6.45) is 9.12. The van der Waals surface area contributed by atoms with Crippen LogP contribution in [0.3, 0.4) is 0 Å². The summed E-state index contributed by atoms with van der Waals surface area (Å²) in [5.74, 6) is 0.674. The Hall–Kier alpha value is -3.74. The lowest BCUT2D eigenvalue weighted by molar-refractivity contribution is -0.133. The van der Waals surface area contributed by atoms with Crippen LogP contribution in [0.2, 0.25) is 0 Å². The molecule has 1 aliphatic heterocycles. The van der Waals surface area contributed by atoms with Crippen molar-refractivity contribution in [2.24, 2.45) is 0 Å². The zero-order valence-corrected chi connectivity index (χ0v) is 21.5. The number of piperazine rings is 1. The number of rotatable bonds is 7. The molecule has 4 aromatic rings. The molecular formula is C30H34N6O. The molecule has 1 amide bonds. The van der Waals surface area contributed by atoms with Crippen molar-refractivity contribution in [1.82, 2.24) is 24.6 Å². The molecular weight excluding hydrogens is 460 g/mol. The molecule has 0 N–H and O–H groups in total. The zero-order chi connectivity index (χ0) is 25.2. The summed E-state index contributed by atoms with van der Waals surface area (Å²) >= 11 is 0. The van der Waals surface area contributed by atoms with E-state index in [0.29, 0.717) is 18.4 Å². The fourth-order valence-electron chi connectivity index (χ4n) is 5.70. The highest BCUT2D eigenvalue weighted by atomic mass is 16.2. The van der Waals surface area contributed by atoms with Crippen LogP contribution in [0.5, 0.6) is 0 Å². The number of carbonyl (C=O) groups is 1. The van der Waals surface area contributed by atoms with Crippen LogP contribution in [0.1, 0.15) is 49.3 Å². The van der Waals surface area contributed by atoms with Crippen molar-refractivity contribution < 1.29 is 4.79 Å². The van der Waals surface area contributed by atoms with Gasteiger partial charge in [-0.15, -0.1) is 0 Å². The van der Waals surface area contributed by atoms with E-state index in [1.54, 1.807) is 18.5 Å². The second kappa shape index (κ2) is 10.3. The smallest absolute Gasteiger partial charge is 0.230 e. The van der Waals surface area contributed by atoms with Gasteiger partial charge in [0.2, 0.25) is 5.91 Å². The molecule has 190 valence electrons. The minimum atomic E-state index is 0.0748. The fraction of sp³-hybridized carbons (Fsp3) is 0.400. The molecule has 2 fully saturated rings. The Morgan fingerprint density at radius 2 is 1.81 bits per heavy atom. The van der Waals surface area contributed by atoms with Crippen LogP contribution in [0, 0.1) is 0 Å². The summed E-state index contributed by atoms with van der Waals surface area (Å²) < 4.78 is 2.28. The number of fused-ring (bicyclic) bond motifs is 1. The van der Waals surface area contributed by atoms with Gasteiger partial charge in [-0.1, -0.05) is 37.3 Å². The molecule has 7 nitrogen and oxygen atoms in total. The van der Waals surface area contributed by atoms with Gasteiger partial charge in [0.25, 0.3) is 0 Å². The molecule has 37 heavy (non-hydrogen) atoms. The van der Waals surface area contributed by atoms with Gasteiger partial charge in [-0.3, -0.25) is 9.48 Å². The van der Waals surface area contributed by atoms with Gasteiger partial charge in [-0.2, -0.15) is 5.10 Å². The summed E-state index contributed by atoms with van der Waals surface area (Å²) in [5.41, 5.74) is 4.90. The first kappa shape index (κ1) is 23.6. The Kier molecular flexibility index (Phi) is 6.60. The van der Waals surface area contributed by atoms with E-state index < -0.39 is 0 Å². The number of aromatic nitrogens is 4. The third-order valence-corrected chi connectivity index (χ3v) is 7.93. The molecule has 2 aromatic carbocycles. The van der Waals surface area contributed by atoms with Crippen molar-refractivity contribution in [3.05, 3.63) is 84.1 Å². The van der Waals surface area contributed by atoms with Gasteiger partial charge in [0.05, 0.1) is 29.7 Å². The molecule has 1 atom stereocenters. The minimum absolute atomic E-state index is 0.0748. The highest BCUT2D eigenvalue weighted by molar-refractivity contribution is 5.86. The third-order valence-electron chi connectivity index (χ3n) is 7.93. The Bertz CT molecular complexity index is 1370. The number of benzene rings is 2. The SMILES string of the molecule is CCc1nn(C2CCC2)c2cc(N3CCN(C(=O)Cc4ncccn4)[C@@H](Cc4ccccc4)C3)ccc12. The van der Waals surface area contributed by atoms with E-state index in [0.717, 1.165) is 25.9 Å². The van der Waals surface area contributed by atoms with Crippen molar-refractivity contribution in [1.29, 1.82) is 0 Å². The summed E-state index contributed by atoms with van der Waals surface area (Å²) in [6, 6.07) is 19.7. The predicted molar refractivity (Wildman–Crippen MR) is 146 cm³/mol. The van der Waals surface area contributed by atoms with Crippen molar-refractivity contribution >= 4 is 22.5 Å². The number of hydrogen-bond donors (Lipinski definition) is 0. The summed E-state index contributed by atoms with van der Waals surface area (Å²) in [4.78, 5) is 26.4. The number of amides is 1. The quantitative estimate of drug-likeness (QED) is 0.375. The lowest BCUT2D eigenvalue weighted by Crippen LogP contribution is -2.56.